The number of nitrogens with two attached hydrogens (primary N) is 1. The molecule has 2 heterocycles. The summed E-state index contributed by atoms with van der Waals surface area (Å²) in [5.74, 6) is -1.69. The molecule has 0 unspecified atom stereocenters. The Kier molecular flexibility index (Phi) is 5.42. The van der Waals surface area contributed by atoms with Crippen LogP contribution in [0, 0.1) is 5.82 Å². The van der Waals surface area contributed by atoms with Crippen LogP contribution in [0.5, 0.6) is 0 Å². The number of alkyl halides is 2. The van der Waals surface area contributed by atoms with Crippen molar-refractivity contribution in [3.05, 3.63) is 76.0 Å². The fourth-order valence-electron chi connectivity index (χ4n) is 2.84. The second-order valence-corrected chi connectivity index (χ2v) is 6.76. The number of benzene rings is 1. The number of rotatable bonds is 5. The highest BCUT2D eigenvalue weighted by atomic mass is 35.5. The molecule has 0 spiro atoms. The molecule has 2 N–H and O–H groups in total. The zero-order valence-corrected chi connectivity index (χ0v) is 15.4. The second kappa shape index (κ2) is 7.63. The summed E-state index contributed by atoms with van der Waals surface area (Å²) >= 11 is 5.75. The molecule has 5 nitrogen and oxygen atoms in total. The normalized spacial score (nSPS) is 19.1. The zero-order valence-electron chi connectivity index (χ0n) is 14.6. The molecule has 0 amide bonds. The van der Waals surface area contributed by atoms with Gasteiger partial charge in [-0.05, 0) is 42.8 Å². The minimum absolute atomic E-state index is 0.00809. The van der Waals surface area contributed by atoms with Gasteiger partial charge in [-0.1, -0.05) is 17.7 Å². The van der Waals surface area contributed by atoms with E-state index in [2.05, 4.69) is 9.98 Å². The maximum atomic E-state index is 14.5. The molecule has 28 heavy (non-hydrogen) atoms. The number of ether oxygens (including phenoxy) is 1. The highest BCUT2D eigenvalue weighted by Gasteiger charge is 2.34. The molecule has 9 heteroatoms. The van der Waals surface area contributed by atoms with E-state index < -0.39 is 29.6 Å². The molecule has 0 fully saturated rings. The lowest BCUT2D eigenvalue weighted by Crippen LogP contribution is -2.32. The van der Waals surface area contributed by atoms with Crippen molar-refractivity contribution in [1.82, 2.24) is 4.98 Å². The van der Waals surface area contributed by atoms with Gasteiger partial charge in [-0.15, -0.1) is 0 Å². The smallest absolute Gasteiger partial charge is 0.295 e. The number of Topliss-reactive ketones (excluding diaryl/α,β-unsaturated/α-hetero) is 1. The summed E-state index contributed by atoms with van der Waals surface area (Å²) < 4.78 is 45.3. The number of nitrogens with zero attached hydrogens (tertiary/aromatic N) is 2. The number of aromatic nitrogens is 1. The maximum Gasteiger partial charge on any atom is 0.295 e. The summed E-state index contributed by atoms with van der Waals surface area (Å²) in [4.78, 5) is 20.3. The van der Waals surface area contributed by atoms with Gasteiger partial charge < -0.3 is 10.5 Å². The quantitative estimate of drug-likeness (QED) is 0.757. The van der Waals surface area contributed by atoms with Gasteiger partial charge in [-0.3, -0.25) is 9.78 Å². The third-order valence-electron chi connectivity index (χ3n) is 4.16. The SMILES string of the molecule is C[C@@]1(c2cc(CC(=O)c3ccc(Cl)cn3)ccc2F)C=C(C(F)F)OC(N)=N1. The molecule has 1 aliphatic heterocycles. The number of pyridine rings is 1. The first-order valence-corrected chi connectivity index (χ1v) is 8.53. The van der Waals surface area contributed by atoms with Crippen LogP contribution in [-0.2, 0) is 16.7 Å². The van der Waals surface area contributed by atoms with E-state index in [0.29, 0.717) is 10.6 Å². The molecule has 1 aromatic carbocycles. The predicted molar refractivity (Wildman–Crippen MR) is 97.8 cm³/mol. The molecule has 1 aromatic heterocycles. The minimum atomic E-state index is -2.93. The van der Waals surface area contributed by atoms with E-state index in [4.69, 9.17) is 22.1 Å². The van der Waals surface area contributed by atoms with Crippen LogP contribution in [0.1, 0.15) is 28.5 Å². The van der Waals surface area contributed by atoms with E-state index >= 15 is 0 Å². The summed E-state index contributed by atoms with van der Waals surface area (Å²) in [6, 6.07) is 6.50. The van der Waals surface area contributed by atoms with Crippen molar-refractivity contribution in [3.63, 3.8) is 0 Å². The molecule has 3 rings (SSSR count). The van der Waals surface area contributed by atoms with E-state index in [0.717, 1.165) is 12.1 Å². The second-order valence-electron chi connectivity index (χ2n) is 6.32. The third kappa shape index (κ3) is 4.17. The topological polar surface area (TPSA) is 77.6 Å². The van der Waals surface area contributed by atoms with Gasteiger partial charge >= 0.3 is 0 Å². The fraction of sp³-hybridized carbons (Fsp3) is 0.211. The Morgan fingerprint density at radius 2 is 2.07 bits per heavy atom. The lowest BCUT2D eigenvalue weighted by atomic mass is 9.88. The van der Waals surface area contributed by atoms with Crippen LogP contribution in [0.4, 0.5) is 13.2 Å². The first-order chi connectivity index (χ1) is 13.2. The number of carbonyl (C=O) groups is 1. The molecule has 0 saturated carbocycles. The predicted octanol–water partition coefficient (Wildman–Crippen LogP) is 4.01. The van der Waals surface area contributed by atoms with Gasteiger partial charge in [-0.2, -0.15) is 0 Å². The van der Waals surface area contributed by atoms with Crippen LogP contribution in [0.25, 0.3) is 0 Å². The van der Waals surface area contributed by atoms with Gasteiger partial charge in [-0.25, -0.2) is 18.2 Å². The number of allylic oxidation sites excluding steroid dienone is 1. The van der Waals surface area contributed by atoms with Crippen LogP contribution in [0.2, 0.25) is 5.02 Å². The first-order valence-electron chi connectivity index (χ1n) is 8.15. The molecule has 1 atom stereocenters. The summed E-state index contributed by atoms with van der Waals surface area (Å²) in [6.07, 6.45) is -0.642. The largest absolute Gasteiger partial charge is 0.425 e. The lowest BCUT2D eigenvalue weighted by molar-refractivity contribution is 0.0988. The van der Waals surface area contributed by atoms with Gasteiger partial charge in [0.1, 0.15) is 17.1 Å². The van der Waals surface area contributed by atoms with Gasteiger partial charge in [0.25, 0.3) is 12.4 Å². The third-order valence-corrected chi connectivity index (χ3v) is 4.38. The Morgan fingerprint density at radius 3 is 2.71 bits per heavy atom. The maximum absolute atomic E-state index is 14.5. The Bertz CT molecular complexity index is 977. The van der Waals surface area contributed by atoms with Crippen molar-refractivity contribution in [2.75, 3.05) is 0 Å². The highest BCUT2D eigenvalue weighted by molar-refractivity contribution is 6.30. The number of aliphatic imine (C=N–C) groups is 1. The summed E-state index contributed by atoms with van der Waals surface area (Å²) in [6.45, 7) is 1.43. The minimum Gasteiger partial charge on any atom is -0.425 e. The van der Waals surface area contributed by atoms with Crippen molar-refractivity contribution in [2.24, 2.45) is 10.7 Å². The van der Waals surface area contributed by atoms with E-state index in [-0.39, 0.29) is 23.5 Å². The number of halogens is 4. The highest BCUT2D eigenvalue weighted by Crippen LogP contribution is 2.35. The van der Waals surface area contributed by atoms with Crippen LogP contribution in [0.3, 0.4) is 0 Å². The summed E-state index contributed by atoms with van der Waals surface area (Å²) in [5.41, 5.74) is 4.65. The van der Waals surface area contributed by atoms with E-state index in [1.54, 1.807) is 0 Å². The fourth-order valence-corrected chi connectivity index (χ4v) is 2.96. The number of amidine groups is 1. The molecule has 0 saturated heterocycles. The number of hydrogen-bond acceptors (Lipinski definition) is 5. The Morgan fingerprint density at radius 1 is 1.32 bits per heavy atom. The molecule has 0 bridgehead atoms. The Labute approximate surface area is 163 Å². The molecular formula is C19H15ClF3N3O2. The van der Waals surface area contributed by atoms with Crippen molar-refractivity contribution >= 4 is 23.4 Å². The summed E-state index contributed by atoms with van der Waals surface area (Å²) in [5, 5.41) is 0.394. The van der Waals surface area contributed by atoms with Gasteiger partial charge in [0.15, 0.2) is 11.5 Å². The van der Waals surface area contributed by atoms with Crippen molar-refractivity contribution < 1.29 is 22.7 Å². The molecule has 0 radical (unpaired) electrons. The molecule has 146 valence electrons. The molecule has 1 aliphatic rings. The average molecular weight is 410 g/mol. The van der Waals surface area contributed by atoms with E-state index in [9.17, 15) is 18.0 Å². The van der Waals surface area contributed by atoms with Crippen LogP contribution < -0.4 is 5.73 Å². The Balaban J connectivity index is 1.94. The van der Waals surface area contributed by atoms with Crippen LogP contribution in [0.15, 0.2) is 53.4 Å². The van der Waals surface area contributed by atoms with Crippen molar-refractivity contribution in [3.8, 4) is 0 Å². The monoisotopic (exact) mass is 409 g/mol. The molecule has 0 aliphatic carbocycles. The van der Waals surface area contributed by atoms with Gasteiger partial charge in [0.05, 0.1) is 5.02 Å². The molecular weight excluding hydrogens is 395 g/mol. The number of carbonyl (C=O) groups excluding carboxylic acids is 1. The molecule has 2 aromatic rings. The van der Waals surface area contributed by atoms with E-state index in [1.807, 2.05) is 0 Å². The van der Waals surface area contributed by atoms with Crippen LogP contribution in [-0.4, -0.2) is 23.2 Å². The number of ketones is 1. The standard InChI is InChI=1S/C19H15ClF3N3O2/c1-19(8-16(17(22)23)28-18(24)26-19)12-6-10(2-4-13(12)21)7-15(27)14-5-3-11(20)9-25-14/h2-6,8-9,17H,7H2,1H3,(H2,24,26)/t19-/m0/s1. The lowest BCUT2D eigenvalue weighted by Gasteiger charge is -2.28. The zero-order chi connectivity index (χ0) is 20.5. The van der Waals surface area contributed by atoms with Crippen molar-refractivity contribution in [2.45, 2.75) is 25.3 Å². The summed E-state index contributed by atoms with van der Waals surface area (Å²) in [7, 11) is 0. The van der Waals surface area contributed by atoms with Crippen molar-refractivity contribution in [1.29, 1.82) is 0 Å². The Hall–Kier alpha value is -2.87. The first kappa shape index (κ1) is 19.9. The van der Waals surface area contributed by atoms with Gasteiger partial charge in [0, 0.05) is 18.2 Å². The average Bonchev–Trinajstić information content (AvgIpc) is 2.63. The van der Waals surface area contributed by atoms with Crippen LogP contribution >= 0.6 is 11.6 Å². The van der Waals surface area contributed by atoms with E-state index in [1.165, 1.54) is 37.4 Å². The number of hydrogen-bond donors (Lipinski definition) is 1. The van der Waals surface area contributed by atoms with Gasteiger partial charge in [0.2, 0.25) is 0 Å².